The lowest BCUT2D eigenvalue weighted by Gasteiger charge is -2.12. The predicted octanol–water partition coefficient (Wildman–Crippen LogP) is 4.61. The zero-order valence-electron chi connectivity index (χ0n) is 11.9. The van der Waals surface area contributed by atoms with Gasteiger partial charge in [0.25, 0.3) is 0 Å². The van der Waals surface area contributed by atoms with Gasteiger partial charge in [-0.1, -0.05) is 54.6 Å². The average Bonchev–Trinajstić information content (AvgIpc) is 2.56. The average molecular weight is 275 g/mol. The van der Waals surface area contributed by atoms with Crippen molar-refractivity contribution in [3.63, 3.8) is 0 Å². The molecule has 0 fully saturated rings. The smallest absolute Gasteiger partial charge is 0.126 e. The molecule has 0 saturated carbocycles. The lowest BCUT2D eigenvalue weighted by atomic mass is 9.97. The quantitative estimate of drug-likeness (QED) is 0.708. The van der Waals surface area contributed by atoms with Gasteiger partial charge in [-0.05, 0) is 29.3 Å². The van der Waals surface area contributed by atoms with Crippen LogP contribution < -0.4 is 10.5 Å². The van der Waals surface area contributed by atoms with E-state index in [0.717, 1.165) is 28.1 Å². The first kappa shape index (κ1) is 13.3. The van der Waals surface area contributed by atoms with Crippen molar-refractivity contribution in [2.75, 3.05) is 12.8 Å². The molecule has 2 heteroatoms. The molecule has 2 nitrogen and oxygen atoms in total. The van der Waals surface area contributed by atoms with E-state index in [2.05, 4.69) is 18.2 Å². The zero-order valence-corrected chi connectivity index (χ0v) is 11.9. The molecule has 0 unspecified atom stereocenters. The maximum atomic E-state index is 6.17. The molecule has 0 spiro atoms. The van der Waals surface area contributed by atoms with Crippen molar-refractivity contribution in [2.45, 2.75) is 0 Å². The van der Waals surface area contributed by atoms with E-state index in [-0.39, 0.29) is 0 Å². The molecule has 0 saturated heterocycles. The number of nitrogen functional groups attached to an aromatic ring is 1. The van der Waals surface area contributed by atoms with Crippen LogP contribution in [0.5, 0.6) is 5.75 Å². The molecule has 3 aromatic rings. The van der Waals surface area contributed by atoms with Gasteiger partial charge >= 0.3 is 0 Å². The number of nitrogens with two attached hydrogens (primary N) is 1. The largest absolute Gasteiger partial charge is 0.496 e. The van der Waals surface area contributed by atoms with Crippen LogP contribution in [-0.4, -0.2) is 7.11 Å². The minimum atomic E-state index is 0.749. The third-order valence-corrected chi connectivity index (χ3v) is 3.56. The van der Waals surface area contributed by atoms with E-state index in [1.54, 1.807) is 7.11 Å². The third kappa shape index (κ3) is 2.61. The summed E-state index contributed by atoms with van der Waals surface area (Å²) in [6.45, 7) is 0. The molecule has 3 rings (SSSR count). The standard InChI is InChI=1S/C19H17NO/c1-21-19-10-6-5-9-16(19)17-13-15(11-12-18(17)20)14-7-3-2-4-8-14/h2-13H,20H2,1H3. The van der Waals surface area contributed by atoms with E-state index < -0.39 is 0 Å². The van der Waals surface area contributed by atoms with Crippen LogP contribution in [0.2, 0.25) is 0 Å². The first-order valence-electron chi connectivity index (χ1n) is 6.88. The monoisotopic (exact) mass is 275 g/mol. The number of hydrogen-bond acceptors (Lipinski definition) is 2. The minimum Gasteiger partial charge on any atom is -0.496 e. The van der Waals surface area contributed by atoms with E-state index >= 15 is 0 Å². The Morgan fingerprint density at radius 1 is 0.714 bits per heavy atom. The molecule has 0 aliphatic heterocycles. The van der Waals surface area contributed by atoms with Crippen molar-refractivity contribution in [1.82, 2.24) is 0 Å². The zero-order chi connectivity index (χ0) is 14.7. The maximum Gasteiger partial charge on any atom is 0.126 e. The third-order valence-electron chi connectivity index (χ3n) is 3.56. The number of benzene rings is 3. The Balaban J connectivity index is 2.15. The maximum absolute atomic E-state index is 6.17. The SMILES string of the molecule is COc1ccccc1-c1cc(-c2ccccc2)ccc1N. The van der Waals surface area contributed by atoms with Crippen LogP contribution in [0.25, 0.3) is 22.3 Å². The van der Waals surface area contributed by atoms with Crippen LogP contribution in [-0.2, 0) is 0 Å². The lowest BCUT2D eigenvalue weighted by molar-refractivity contribution is 0.416. The molecule has 0 atom stereocenters. The van der Waals surface area contributed by atoms with Gasteiger partial charge in [0.15, 0.2) is 0 Å². The first-order valence-corrected chi connectivity index (χ1v) is 6.88. The van der Waals surface area contributed by atoms with Gasteiger partial charge in [-0.25, -0.2) is 0 Å². The van der Waals surface area contributed by atoms with Crippen LogP contribution in [0.3, 0.4) is 0 Å². The Labute approximate surface area is 124 Å². The van der Waals surface area contributed by atoms with E-state index in [0.29, 0.717) is 0 Å². The molecule has 0 amide bonds. The topological polar surface area (TPSA) is 35.2 Å². The molecule has 0 bridgehead atoms. The number of para-hydroxylation sites is 1. The Bertz CT molecular complexity index is 751. The van der Waals surface area contributed by atoms with Crippen LogP contribution in [0.1, 0.15) is 0 Å². The fourth-order valence-corrected chi connectivity index (χ4v) is 2.47. The molecule has 0 aliphatic rings. The normalized spacial score (nSPS) is 10.3. The Morgan fingerprint density at radius 3 is 2.19 bits per heavy atom. The fraction of sp³-hybridized carbons (Fsp3) is 0.0526. The minimum absolute atomic E-state index is 0.749. The second kappa shape index (κ2) is 5.71. The van der Waals surface area contributed by atoms with Gasteiger partial charge in [0.05, 0.1) is 7.11 Å². The summed E-state index contributed by atoms with van der Waals surface area (Å²) in [6.07, 6.45) is 0. The molecular formula is C19H17NO. The molecule has 2 N–H and O–H groups in total. The molecule has 21 heavy (non-hydrogen) atoms. The molecule has 0 aliphatic carbocycles. The number of anilines is 1. The second-order valence-corrected chi connectivity index (χ2v) is 4.87. The van der Waals surface area contributed by atoms with E-state index in [1.807, 2.05) is 54.6 Å². The molecule has 3 aromatic carbocycles. The number of hydrogen-bond donors (Lipinski definition) is 1. The van der Waals surface area contributed by atoms with E-state index in [4.69, 9.17) is 10.5 Å². The highest BCUT2D eigenvalue weighted by Crippen LogP contribution is 2.36. The van der Waals surface area contributed by atoms with Crippen LogP contribution >= 0.6 is 0 Å². The summed E-state index contributed by atoms with van der Waals surface area (Å²) in [4.78, 5) is 0. The van der Waals surface area contributed by atoms with E-state index in [1.165, 1.54) is 5.56 Å². The summed E-state index contributed by atoms with van der Waals surface area (Å²) in [7, 11) is 1.68. The van der Waals surface area contributed by atoms with Gasteiger partial charge in [-0.2, -0.15) is 0 Å². The van der Waals surface area contributed by atoms with Gasteiger partial charge in [0.1, 0.15) is 5.75 Å². The van der Waals surface area contributed by atoms with E-state index in [9.17, 15) is 0 Å². The second-order valence-electron chi connectivity index (χ2n) is 4.87. The van der Waals surface area contributed by atoms with Gasteiger partial charge in [-0.3, -0.25) is 0 Å². The van der Waals surface area contributed by atoms with Crippen molar-refractivity contribution in [2.24, 2.45) is 0 Å². The molecule has 0 aromatic heterocycles. The summed E-state index contributed by atoms with van der Waals surface area (Å²) in [5.41, 5.74) is 11.2. The summed E-state index contributed by atoms with van der Waals surface area (Å²) >= 11 is 0. The first-order chi connectivity index (χ1) is 10.3. The summed E-state index contributed by atoms with van der Waals surface area (Å²) in [5, 5.41) is 0. The van der Waals surface area contributed by atoms with Crippen LogP contribution in [0.15, 0.2) is 72.8 Å². The summed E-state index contributed by atoms with van der Waals surface area (Å²) < 4.78 is 5.44. The Hall–Kier alpha value is -2.74. The fourth-order valence-electron chi connectivity index (χ4n) is 2.47. The Morgan fingerprint density at radius 2 is 1.43 bits per heavy atom. The lowest BCUT2D eigenvalue weighted by Crippen LogP contribution is -1.93. The molecule has 104 valence electrons. The number of ether oxygens (including phenoxy) is 1. The van der Waals surface area contributed by atoms with Crippen molar-refractivity contribution >= 4 is 5.69 Å². The highest BCUT2D eigenvalue weighted by molar-refractivity contribution is 5.84. The summed E-state index contributed by atoms with van der Waals surface area (Å²) in [5.74, 6) is 0.828. The van der Waals surface area contributed by atoms with Crippen molar-refractivity contribution in [1.29, 1.82) is 0 Å². The Kier molecular flexibility index (Phi) is 3.61. The van der Waals surface area contributed by atoms with Crippen LogP contribution in [0, 0.1) is 0 Å². The van der Waals surface area contributed by atoms with Gasteiger partial charge in [0, 0.05) is 16.8 Å². The van der Waals surface area contributed by atoms with Crippen molar-refractivity contribution < 1.29 is 4.74 Å². The highest BCUT2D eigenvalue weighted by Gasteiger charge is 2.09. The summed E-state index contributed by atoms with van der Waals surface area (Å²) in [6, 6.07) is 24.3. The molecular weight excluding hydrogens is 258 g/mol. The van der Waals surface area contributed by atoms with Gasteiger partial charge < -0.3 is 10.5 Å². The van der Waals surface area contributed by atoms with Gasteiger partial charge in [0.2, 0.25) is 0 Å². The number of methoxy groups -OCH3 is 1. The molecule has 0 radical (unpaired) electrons. The predicted molar refractivity (Wildman–Crippen MR) is 88.3 cm³/mol. The van der Waals surface area contributed by atoms with Gasteiger partial charge in [-0.15, -0.1) is 0 Å². The van der Waals surface area contributed by atoms with Crippen molar-refractivity contribution in [3.8, 4) is 28.0 Å². The molecule has 0 heterocycles. The highest BCUT2D eigenvalue weighted by atomic mass is 16.5. The van der Waals surface area contributed by atoms with Crippen LogP contribution in [0.4, 0.5) is 5.69 Å². The number of rotatable bonds is 3. The van der Waals surface area contributed by atoms with Crippen molar-refractivity contribution in [3.05, 3.63) is 72.8 Å².